The summed E-state index contributed by atoms with van der Waals surface area (Å²) in [7, 11) is 0. The molecule has 62 heavy (non-hydrogen) atoms. The van der Waals surface area contributed by atoms with E-state index in [0.717, 1.165) is 22.9 Å². The van der Waals surface area contributed by atoms with Crippen molar-refractivity contribution in [1.82, 2.24) is 0 Å². The van der Waals surface area contributed by atoms with Gasteiger partial charge in [-0.3, -0.25) is 0 Å². The number of anilines is 6. The molecule has 3 nitrogen and oxygen atoms in total. The largest absolute Gasteiger partial charge is 0.457 e. The van der Waals surface area contributed by atoms with Gasteiger partial charge in [-0.15, -0.1) is 22.7 Å². The highest BCUT2D eigenvalue weighted by molar-refractivity contribution is 7.40. The number of fused-ring (bicyclic) bond motifs is 10. The molecule has 2 aliphatic heterocycles. The van der Waals surface area contributed by atoms with E-state index < -0.39 is 0 Å². The highest BCUT2D eigenvalue weighted by Gasteiger charge is 2.49. The molecule has 0 saturated carbocycles. The smallest absolute Gasteiger partial charge is 0.277 e. The summed E-state index contributed by atoms with van der Waals surface area (Å²) in [5, 5.41) is 2.71. The summed E-state index contributed by atoms with van der Waals surface area (Å²) in [5.74, 6) is 1.66. The van der Waals surface area contributed by atoms with Crippen molar-refractivity contribution in [2.75, 3.05) is 9.80 Å². The lowest BCUT2D eigenvalue weighted by atomic mass is 9.39. The number of benzene rings is 6. The van der Waals surface area contributed by atoms with Crippen LogP contribution in [0, 0.1) is 0 Å². The van der Waals surface area contributed by atoms with Crippen molar-refractivity contribution in [3.63, 3.8) is 0 Å². The zero-order valence-corrected chi connectivity index (χ0v) is 38.8. The maximum atomic E-state index is 6.93. The van der Waals surface area contributed by atoms with E-state index in [1.807, 2.05) is 22.7 Å². The van der Waals surface area contributed by atoms with E-state index in [9.17, 15) is 0 Å². The summed E-state index contributed by atoms with van der Waals surface area (Å²) in [6.45, 7) is 19.7. The summed E-state index contributed by atoms with van der Waals surface area (Å²) in [6, 6.07) is 47.5. The van der Waals surface area contributed by atoms with Crippen LogP contribution in [0.1, 0.15) is 103 Å². The van der Waals surface area contributed by atoms with Crippen LogP contribution >= 0.6 is 22.7 Å². The van der Waals surface area contributed by atoms with Crippen LogP contribution in [-0.2, 0) is 21.7 Å². The maximum Gasteiger partial charge on any atom is 0.277 e. The third-order valence-corrected chi connectivity index (χ3v) is 17.6. The molecule has 0 saturated heterocycles. The lowest BCUT2D eigenvalue weighted by Crippen LogP contribution is -2.59. The van der Waals surface area contributed by atoms with Crippen molar-refractivity contribution in [1.29, 1.82) is 0 Å². The molecule has 308 valence electrons. The van der Waals surface area contributed by atoms with Crippen molar-refractivity contribution in [3.05, 3.63) is 150 Å². The molecule has 2 aliphatic carbocycles. The van der Waals surface area contributed by atoms with E-state index in [2.05, 4.69) is 193 Å². The number of hydrogen-bond donors (Lipinski definition) is 0. The van der Waals surface area contributed by atoms with Crippen LogP contribution in [0.4, 0.5) is 34.1 Å². The van der Waals surface area contributed by atoms with Gasteiger partial charge >= 0.3 is 0 Å². The van der Waals surface area contributed by atoms with Gasteiger partial charge in [0.2, 0.25) is 0 Å². The lowest BCUT2D eigenvalue weighted by molar-refractivity contribution is 0.332. The average molecular weight is 845 g/mol. The molecular weight excluding hydrogens is 792 g/mol. The summed E-state index contributed by atoms with van der Waals surface area (Å²) in [6.07, 6.45) is 4.75. The van der Waals surface area contributed by atoms with Gasteiger partial charge in [0.15, 0.2) is 0 Å². The van der Waals surface area contributed by atoms with Gasteiger partial charge in [0.1, 0.15) is 11.5 Å². The van der Waals surface area contributed by atoms with E-state index in [-0.39, 0.29) is 28.4 Å². The number of hydrogen-bond acceptors (Lipinski definition) is 5. The second kappa shape index (κ2) is 13.1. The average Bonchev–Trinajstić information content (AvgIpc) is 3.82. The van der Waals surface area contributed by atoms with Crippen LogP contribution in [0.3, 0.4) is 0 Å². The molecule has 0 atom stereocenters. The minimum Gasteiger partial charge on any atom is -0.457 e. The zero-order valence-electron chi connectivity index (χ0n) is 37.1. The Bertz CT molecular complexity index is 2940. The third-order valence-electron chi connectivity index (χ3n) is 15.2. The molecule has 0 N–H and O–H groups in total. The minimum absolute atomic E-state index is 0.0431. The van der Waals surface area contributed by atoms with Crippen molar-refractivity contribution in [2.45, 2.75) is 103 Å². The van der Waals surface area contributed by atoms with E-state index in [4.69, 9.17) is 4.74 Å². The van der Waals surface area contributed by atoms with Crippen molar-refractivity contribution in [2.24, 2.45) is 0 Å². The lowest BCUT2D eigenvalue weighted by Gasteiger charge is -2.43. The van der Waals surface area contributed by atoms with Crippen LogP contribution in [0.25, 0.3) is 20.2 Å². The van der Waals surface area contributed by atoms with E-state index in [1.165, 1.54) is 106 Å². The van der Waals surface area contributed by atoms with Gasteiger partial charge in [-0.05, 0) is 136 Å². The van der Waals surface area contributed by atoms with Gasteiger partial charge in [-0.25, -0.2) is 0 Å². The number of para-hydroxylation sites is 3. The van der Waals surface area contributed by atoms with Crippen LogP contribution in [0.5, 0.6) is 11.5 Å². The van der Waals surface area contributed by atoms with Crippen LogP contribution in [-0.4, -0.2) is 6.71 Å². The number of thiophene rings is 2. The summed E-state index contributed by atoms with van der Waals surface area (Å²) in [4.78, 5) is 5.17. The first-order chi connectivity index (χ1) is 29.7. The molecule has 12 rings (SSSR count). The Morgan fingerprint density at radius 1 is 0.452 bits per heavy atom. The molecule has 6 aromatic carbocycles. The van der Waals surface area contributed by atoms with Crippen molar-refractivity contribution >= 4 is 98.7 Å². The van der Waals surface area contributed by atoms with Crippen LogP contribution in [0.2, 0.25) is 0 Å². The molecule has 0 bridgehead atoms. The molecule has 0 spiro atoms. The molecule has 6 heteroatoms. The fraction of sp³-hybridized carbons (Fsp3) is 0.286. The highest BCUT2D eigenvalue weighted by atomic mass is 32.1. The fourth-order valence-corrected chi connectivity index (χ4v) is 14.2. The molecule has 8 aromatic rings. The zero-order chi connectivity index (χ0) is 42.5. The quantitative estimate of drug-likeness (QED) is 0.164. The first-order valence-electron chi connectivity index (χ1n) is 22.5. The van der Waals surface area contributed by atoms with Crippen molar-refractivity contribution in [3.8, 4) is 11.5 Å². The first-order valence-corrected chi connectivity index (χ1v) is 24.2. The predicted octanol–water partition coefficient (Wildman–Crippen LogP) is 14.7. The van der Waals surface area contributed by atoms with Crippen molar-refractivity contribution < 1.29 is 4.74 Å². The summed E-state index contributed by atoms with van der Waals surface area (Å²) >= 11 is 4.06. The van der Waals surface area contributed by atoms with E-state index in [1.54, 1.807) is 0 Å². The molecule has 0 unspecified atom stereocenters. The number of nitrogens with zero attached hydrogens (tertiary/aromatic N) is 2. The molecule has 0 fully saturated rings. The molecule has 0 amide bonds. The maximum absolute atomic E-state index is 6.93. The topological polar surface area (TPSA) is 15.7 Å². The Kier molecular flexibility index (Phi) is 8.13. The number of ether oxygens (including phenoxy) is 1. The van der Waals surface area contributed by atoms with Gasteiger partial charge in [-0.2, -0.15) is 0 Å². The Morgan fingerprint density at radius 2 is 0.823 bits per heavy atom. The third kappa shape index (κ3) is 5.54. The van der Waals surface area contributed by atoms with Gasteiger partial charge in [-0.1, -0.05) is 110 Å². The Labute approximate surface area is 375 Å². The van der Waals surface area contributed by atoms with Gasteiger partial charge < -0.3 is 14.5 Å². The molecule has 4 aliphatic rings. The van der Waals surface area contributed by atoms with Gasteiger partial charge in [0.25, 0.3) is 6.71 Å². The second-order valence-corrected chi connectivity index (χ2v) is 23.2. The summed E-state index contributed by atoms with van der Waals surface area (Å²) < 4.78 is 12.5. The standard InChI is InChI=1S/C56H53BN2OS2/c1-53(2)24-26-55(5,6)42-32-46-38(30-40(42)53)49-51(61-46)57-48-44(58(49)34-18-12-9-13-19-34)28-37(60-36-22-16-11-17-23-36)29-45(48)59(35-20-14-10-15-21-35)50-39-31-41-43(33-47(39)62-52(50)57)56(7,8)27-25-54(41,3)4/h9-23,28-33H,24-27H2,1-8H3. The van der Waals surface area contributed by atoms with Gasteiger partial charge in [0, 0.05) is 64.6 Å². The predicted molar refractivity (Wildman–Crippen MR) is 268 cm³/mol. The first kappa shape index (κ1) is 38.4. The van der Waals surface area contributed by atoms with Crippen LogP contribution < -0.4 is 29.6 Å². The Morgan fingerprint density at radius 3 is 1.23 bits per heavy atom. The minimum atomic E-state index is 0.0431. The van der Waals surface area contributed by atoms with Gasteiger partial charge in [0.05, 0.1) is 11.4 Å². The monoisotopic (exact) mass is 844 g/mol. The normalized spacial score (nSPS) is 18.5. The molecule has 4 heterocycles. The Hall–Kier alpha value is -5.30. The van der Waals surface area contributed by atoms with E-state index in [0.29, 0.717) is 0 Å². The fourth-order valence-electron chi connectivity index (χ4n) is 11.4. The summed E-state index contributed by atoms with van der Waals surface area (Å²) in [5.41, 5.74) is 15.1. The molecular formula is C56H53BN2OS2. The molecule has 2 aromatic heterocycles. The SMILES string of the molecule is CC1(C)CCC(C)(C)c2cc3c4c(sc3cc21)B1c2sc3cc5c(cc3c2N(c2ccccc2)c2cc(Oc3ccccc3)cc(c21)N4c1ccccc1)C(C)(C)CCC5(C)C. The van der Waals surface area contributed by atoms with E-state index >= 15 is 0 Å². The number of rotatable bonds is 4. The molecule has 0 radical (unpaired) electrons. The Balaban J connectivity index is 1.23. The highest BCUT2D eigenvalue weighted by Crippen LogP contribution is 2.56. The van der Waals surface area contributed by atoms with Crippen LogP contribution in [0.15, 0.2) is 127 Å². The second-order valence-electron chi connectivity index (χ2n) is 21.0.